The second-order valence-corrected chi connectivity index (χ2v) is 7.14. The quantitative estimate of drug-likeness (QED) is 0.543. The molecule has 0 saturated heterocycles. The molecule has 0 unspecified atom stereocenters. The molecule has 0 amide bonds. The summed E-state index contributed by atoms with van der Waals surface area (Å²) in [5.41, 5.74) is 2.34. The number of aryl methyl sites for hydroxylation is 2. The molecular formula is C16H16N2OS2. The summed E-state index contributed by atoms with van der Waals surface area (Å²) >= 11 is 3.20. The van der Waals surface area contributed by atoms with Crippen LogP contribution in [0.2, 0.25) is 0 Å². The van der Waals surface area contributed by atoms with Crippen LogP contribution in [-0.2, 0) is 12.8 Å². The highest BCUT2D eigenvalue weighted by molar-refractivity contribution is 7.98. The minimum atomic E-state index is 0.0532. The largest absolute Gasteiger partial charge is 0.290 e. The number of hydrogen-bond acceptors (Lipinski definition) is 4. The van der Waals surface area contributed by atoms with Crippen LogP contribution in [0, 0.1) is 13.8 Å². The Labute approximate surface area is 131 Å². The number of nitrogens with zero attached hydrogens (tertiary/aromatic N) is 2. The van der Waals surface area contributed by atoms with Gasteiger partial charge in [-0.2, -0.15) is 0 Å². The van der Waals surface area contributed by atoms with Gasteiger partial charge in [0.05, 0.1) is 5.39 Å². The monoisotopic (exact) mass is 316 g/mol. The molecule has 5 heteroatoms. The molecular weight excluding hydrogens is 300 g/mol. The minimum absolute atomic E-state index is 0.0532. The summed E-state index contributed by atoms with van der Waals surface area (Å²) in [7, 11) is 1.80. The van der Waals surface area contributed by atoms with Crippen molar-refractivity contribution in [3.63, 3.8) is 0 Å². The Morgan fingerprint density at radius 3 is 2.67 bits per heavy atom. The maximum atomic E-state index is 12.5. The van der Waals surface area contributed by atoms with Crippen molar-refractivity contribution in [2.24, 2.45) is 7.05 Å². The lowest BCUT2D eigenvalue weighted by Gasteiger charge is -2.07. The summed E-state index contributed by atoms with van der Waals surface area (Å²) < 4.78 is 1.66. The summed E-state index contributed by atoms with van der Waals surface area (Å²) in [5.74, 6) is 0.815. The molecule has 0 fully saturated rings. The van der Waals surface area contributed by atoms with Crippen LogP contribution < -0.4 is 5.56 Å². The fourth-order valence-electron chi connectivity index (χ4n) is 2.21. The standard InChI is InChI=1S/C16H16N2OS2/c1-10-11(2)21-14-13(10)15(19)18(3)16(17-14)20-9-12-7-5-4-6-8-12/h4-8H,9H2,1-3H3. The molecule has 21 heavy (non-hydrogen) atoms. The zero-order valence-corrected chi connectivity index (χ0v) is 13.8. The summed E-state index contributed by atoms with van der Waals surface area (Å²) in [6, 6.07) is 10.2. The van der Waals surface area contributed by atoms with Crippen LogP contribution in [0.1, 0.15) is 16.0 Å². The van der Waals surface area contributed by atoms with Crippen LogP contribution in [0.25, 0.3) is 10.2 Å². The lowest BCUT2D eigenvalue weighted by Crippen LogP contribution is -2.19. The normalized spacial score (nSPS) is 11.2. The maximum Gasteiger partial charge on any atom is 0.262 e. The van der Waals surface area contributed by atoms with Gasteiger partial charge in [-0.15, -0.1) is 11.3 Å². The molecule has 3 rings (SSSR count). The molecule has 0 aliphatic carbocycles. The average molecular weight is 316 g/mol. The summed E-state index contributed by atoms with van der Waals surface area (Å²) in [6.45, 7) is 4.03. The van der Waals surface area contributed by atoms with Crippen LogP contribution in [-0.4, -0.2) is 9.55 Å². The third kappa shape index (κ3) is 2.63. The second-order valence-electron chi connectivity index (χ2n) is 5.00. The van der Waals surface area contributed by atoms with Gasteiger partial charge in [-0.05, 0) is 25.0 Å². The molecule has 3 nitrogen and oxygen atoms in total. The topological polar surface area (TPSA) is 34.9 Å². The van der Waals surface area contributed by atoms with Crippen LogP contribution in [0.3, 0.4) is 0 Å². The van der Waals surface area contributed by atoms with Crippen LogP contribution >= 0.6 is 23.1 Å². The van der Waals surface area contributed by atoms with Gasteiger partial charge >= 0.3 is 0 Å². The van der Waals surface area contributed by atoms with Crippen LogP contribution in [0.5, 0.6) is 0 Å². The van der Waals surface area contributed by atoms with E-state index in [-0.39, 0.29) is 5.56 Å². The maximum absolute atomic E-state index is 12.5. The Bertz CT molecular complexity index is 850. The van der Waals surface area contributed by atoms with Gasteiger partial charge in [0.15, 0.2) is 5.16 Å². The highest BCUT2D eigenvalue weighted by atomic mass is 32.2. The molecule has 0 bridgehead atoms. The first kappa shape index (κ1) is 14.4. The predicted molar refractivity (Wildman–Crippen MR) is 90.3 cm³/mol. The van der Waals surface area contributed by atoms with Gasteiger partial charge in [0, 0.05) is 17.7 Å². The van der Waals surface area contributed by atoms with Crippen LogP contribution in [0.15, 0.2) is 40.3 Å². The van der Waals surface area contributed by atoms with Gasteiger partial charge in [-0.25, -0.2) is 4.98 Å². The molecule has 0 saturated carbocycles. The minimum Gasteiger partial charge on any atom is -0.290 e. The van der Waals surface area contributed by atoms with E-state index in [0.29, 0.717) is 0 Å². The molecule has 2 aromatic heterocycles. The van der Waals surface area contributed by atoms with Gasteiger partial charge in [0.25, 0.3) is 5.56 Å². The first-order valence-electron chi connectivity index (χ1n) is 6.71. The second kappa shape index (κ2) is 5.66. The van der Waals surface area contributed by atoms with E-state index in [1.165, 1.54) is 10.4 Å². The fraction of sp³-hybridized carbons (Fsp3) is 0.250. The Kier molecular flexibility index (Phi) is 3.87. The highest BCUT2D eigenvalue weighted by Crippen LogP contribution is 2.28. The van der Waals surface area contributed by atoms with Crippen LogP contribution in [0.4, 0.5) is 0 Å². The Morgan fingerprint density at radius 2 is 1.95 bits per heavy atom. The van der Waals surface area contributed by atoms with Crippen molar-refractivity contribution in [2.75, 3.05) is 0 Å². The van der Waals surface area contributed by atoms with E-state index in [0.717, 1.165) is 26.7 Å². The Morgan fingerprint density at radius 1 is 1.24 bits per heavy atom. The van der Waals surface area contributed by atoms with E-state index in [1.807, 2.05) is 32.0 Å². The number of fused-ring (bicyclic) bond motifs is 1. The van der Waals surface area contributed by atoms with Crippen molar-refractivity contribution in [1.29, 1.82) is 0 Å². The van der Waals surface area contributed by atoms with Gasteiger partial charge in [0.1, 0.15) is 4.83 Å². The SMILES string of the molecule is Cc1sc2nc(SCc3ccccc3)n(C)c(=O)c2c1C. The van der Waals surface area contributed by atoms with Crippen molar-refractivity contribution in [3.05, 3.63) is 56.7 Å². The van der Waals surface area contributed by atoms with E-state index >= 15 is 0 Å². The van der Waals surface area contributed by atoms with Crippen molar-refractivity contribution < 1.29 is 0 Å². The third-order valence-corrected chi connectivity index (χ3v) is 5.78. The lowest BCUT2D eigenvalue weighted by atomic mass is 10.2. The predicted octanol–water partition coefficient (Wildman–Crippen LogP) is 3.90. The molecule has 3 aromatic rings. The molecule has 0 N–H and O–H groups in total. The Hall–Kier alpha value is -1.59. The zero-order chi connectivity index (χ0) is 15.0. The number of benzene rings is 1. The molecule has 0 radical (unpaired) electrons. The third-order valence-electron chi connectivity index (χ3n) is 3.58. The highest BCUT2D eigenvalue weighted by Gasteiger charge is 2.14. The van der Waals surface area contributed by atoms with Crippen molar-refractivity contribution in [1.82, 2.24) is 9.55 Å². The molecule has 0 spiro atoms. The zero-order valence-electron chi connectivity index (χ0n) is 12.2. The van der Waals surface area contributed by atoms with E-state index in [1.54, 1.807) is 34.7 Å². The van der Waals surface area contributed by atoms with E-state index < -0.39 is 0 Å². The molecule has 0 aliphatic rings. The summed E-state index contributed by atoms with van der Waals surface area (Å²) in [6.07, 6.45) is 0. The summed E-state index contributed by atoms with van der Waals surface area (Å²) in [5, 5.41) is 1.54. The first-order chi connectivity index (χ1) is 10.1. The molecule has 2 heterocycles. The molecule has 1 aromatic carbocycles. The number of hydrogen-bond donors (Lipinski definition) is 0. The number of aromatic nitrogens is 2. The van der Waals surface area contributed by atoms with Gasteiger partial charge in [-0.3, -0.25) is 9.36 Å². The van der Waals surface area contributed by atoms with Gasteiger partial charge in [0.2, 0.25) is 0 Å². The van der Waals surface area contributed by atoms with Crippen molar-refractivity contribution in [2.45, 2.75) is 24.8 Å². The van der Waals surface area contributed by atoms with E-state index in [2.05, 4.69) is 17.1 Å². The molecule has 108 valence electrons. The number of thiophene rings is 1. The summed E-state index contributed by atoms with van der Waals surface area (Å²) in [4.78, 5) is 19.2. The number of rotatable bonds is 3. The number of thioether (sulfide) groups is 1. The van der Waals surface area contributed by atoms with Crippen molar-refractivity contribution in [3.8, 4) is 0 Å². The van der Waals surface area contributed by atoms with Gasteiger partial charge < -0.3 is 0 Å². The fourth-order valence-corrected chi connectivity index (χ4v) is 4.21. The molecule has 0 aliphatic heterocycles. The average Bonchev–Trinajstić information content (AvgIpc) is 2.77. The first-order valence-corrected chi connectivity index (χ1v) is 8.51. The molecule has 0 atom stereocenters. The van der Waals surface area contributed by atoms with Gasteiger partial charge in [-0.1, -0.05) is 42.1 Å². The van der Waals surface area contributed by atoms with E-state index in [9.17, 15) is 4.79 Å². The lowest BCUT2D eigenvalue weighted by molar-refractivity contribution is 0.727. The van der Waals surface area contributed by atoms with Crippen molar-refractivity contribution >= 4 is 33.3 Å². The Balaban J connectivity index is 2.00. The smallest absolute Gasteiger partial charge is 0.262 e. The van der Waals surface area contributed by atoms with E-state index in [4.69, 9.17) is 0 Å².